The van der Waals surface area contributed by atoms with Gasteiger partial charge in [-0.15, -0.1) is 0 Å². The molecule has 4 rings (SSSR count). The Kier molecular flexibility index (Phi) is 4.78. The normalized spacial score (nSPS) is 19.5. The number of fused-ring (bicyclic) bond motifs is 1. The highest BCUT2D eigenvalue weighted by Gasteiger charge is 2.30. The number of rotatable bonds is 5. The summed E-state index contributed by atoms with van der Waals surface area (Å²) in [6.45, 7) is 4.37. The summed E-state index contributed by atoms with van der Waals surface area (Å²) >= 11 is 0. The molecule has 26 heavy (non-hydrogen) atoms. The fourth-order valence-corrected chi connectivity index (χ4v) is 3.64. The lowest BCUT2D eigenvalue weighted by atomic mass is 9.80. The molecule has 8 nitrogen and oxygen atoms in total. The van der Waals surface area contributed by atoms with Gasteiger partial charge in [0.05, 0.1) is 17.9 Å². The van der Waals surface area contributed by atoms with Crippen LogP contribution >= 0.6 is 0 Å². The van der Waals surface area contributed by atoms with Crippen molar-refractivity contribution in [2.75, 3.05) is 18.4 Å². The molecule has 1 amide bonds. The van der Waals surface area contributed by atoms with E-state index in [1.54, 1.807) is 13.0 Å². The number of hydrogen-bond donors (Lipinski definition) is 2. The first-order chi connectivity index (χ1) is 12.6. The molecule has 1 atom stereocenters. The van der Waals surface area contributed by atoms with Gasteiger partial charge < -0.3 is 14.9 Å². The van der Waals surface area contributed by atoms with Crippen molar-refractivity contribution in [3.8, 4) is 0 Å². The van der Waals surface area contributed by atoms with Gasteiger partial charge in [-0.2, -0.15) is 5.10 Å². The monoisotopic (exact) mass is 359 g/mol. The van der Waals surface area contributed by atoms with Crippen molar-refractivity contribution >= 4 is 11.7 Å². The molecule has 0 radical (unpaired) electrons. The molecular weight excluding hydrogens is 334 g/mol. The summed E-state index contributed by atoms with van der Waals surface area (Å²) in [5.41, 5.74) is 1.83. The molecule has 0 unspecified atom stereocenters. The Labute approximate surface area is 152 Å². The van der Waals surface area contributed by atoms with Gasteiger partial charge in [0.1, 0.15) is 11.9 Å². The number of aromatic nitrogens is 3. The largest absolute Gasteiger partial charge is 0.386 e. The highest BCUT2D eigenvalue weighted by Crippen LogP contribution is 2.37. The van der Waals surface area contributed by atoms with E-state index in [0.29, 0.717) is 24.0 Å². The van der Waals surface area contributed by atoms with E-state index in [1.165, 1.54) is 6.42 Å². The molecule has 1 aliphatic heterocycles. The highest BCUT2D eigenvalue weighted by atomic mass is 16.5. The number of carbonyl (C=O) groups excluding carboxylic acids is 1. The lowest BCUT2D eigenvalue weighted by Gasteiger charge is -2.29. The van der Waals surface area contributed by atoms with E-state index in [2.05, 4.69) is 20.5 Å². The maximum Gasteiger partial charge on any atom is 0.239 e. The zero-order valence-corrected chi connectivity index (χ0v) is 15.0. The smallest absolute Gasteiger partial charge is 0.239 e. The van der Waals surface area contributed by atoms with Crippen LogP contribution in [-0.2, 0) is 17.9 Å². The first-order valence-electron chi connectivity index (χ1n) is 9.29. The van der Waals surface area contributed by atoms with Gasteiger partial charge in [-0.05, 0) is 38.2 Å². The number of nitrogens with zero attached hydrogens (tertiary/aromatic N) is 4. The Morgan fingerprint density at radius 3 is 2.92 bits per heavy atom. The van der Waals surface area contributed by atoms with Crippen molar-refractivity contribution in [3.63, 3.8) is 0 Å². The van der Waals surface area contributed by atoms with Gasteiger partial charge in [0.2, 0.25) is 5.91 Å². The van der Waals surface area contributed by atoms with Crippen molar-refractivity contribution in [3.05, 3.63) is 29.3 Å². The minimum Gasteiger partial charge on any atom is -0.386 e. The summed E-state index contributed by atoms with van der Waals surface area (Å²) in [4.78, 5) is 14.4. The number of aryl methyl sites for hydroxylation is 2. The van der Waals surface area contributed by atoms with Crippen molar-refractivity contribution in [2.45, 2.75) is 51.8 Å². The van der Waals surface area contributed by atoms with Crippen LogP contribution in [-0.4, -0.2) is 43.9 Å². The molecule has 2 N–H and O–H groups in total. The van der Waals surface area contributed by atoms with Crippen molar-refractivity contribution in [2.24, 2.45) is 5.92 Å². The molecule has 0 bridgehead atoms. The molecule has 1 saturated carbocycles. The van der Waals surface area contributed by atoms with E-state index in [4.69, 9.17) is 4.52 Å². The Morgan fingerprint density at radius 1 is 1.38 bits per heavy atom. The number of nitrogens with one attached hydrogen (secondary N) is 1. The highest BCUT2D eigenvalue weighted by molar-refractivity contribution is 5.91. The molecule has 1 fully saturated rings. The second-order valence-electron chi connectivity index (χ2n) is 7.35. The van der Waals surface area contributed by atoms with Gasteiger partial charge in [-0.3, -0.25) is 14.4 Å². The van der Waals surface area contributed by atoms with Gasteiger partial charge in [0.25, 0.3) is 0 Å². The summed E-state index contributed by atoms with van der Waals surface area (Å²) < 4.78 is 6.95. The lowest BCUT2D eigenvalue weighted by molar-refractivity contribution is -0.117. The van der Waals surface area contributed by atoms with E-state index in [9.17, 15) is 9.90 Å². The van der Waals surface area contributed by atoms with Crippen LogP contribution < -0.4 is 5.32 Å². The van der Waals surface area contributed by atoms with Crippen LogP contribution in [0.4, 0.5) is 5.82 Å². The van der Waals surface area contributed by atoms with Gasteiger partial charge in [0, 0.05) is 25.7 Å². The minimum atomic E-state index is -0.463. The average Bonchev–Trinajstić information content (AvgIpc) is 3.07. The van der Waals surface area contributed by atoms with Gasteiger partial charge in [0.15, 0.2) is 5.82 Å². The standard InChI is InChI=1S/C18H25N5O3/c1-12-8-16(21-26-12)19-17(24)11-22-6-3-7-23-14(10-22)9-15(20-23)18(25)13-4-2-5-13/h8-9,13,18,25H,2-7,10-11H2,1H3,(H,19,21,24)/t18-/m0/s1. The second kappa shape index (κ2) is 7.20. The second-order valence-corrected chi connectivity index (χ2v) is 7.35. The van der Waals surface area contributed by atoms with Crippen molar-refractivity contribution in [1.29, 1.82) is 0 Å². The van der Waals surface area contributed by atoms with Crippen LogP contribution in [0.3, 0.4) is 0 Å². The molecule has 8 heteroatoms. The van der Waals surface area contributed by atoms with Crippen LogP contribution in [0.2, 0.25) is 0 Å². The van der Waals surface area contributed by atoms with Gasteiger partial charge >= 0.3 is 0 Å². The fourth-order valence-electron chi connectivity index (χ4n) is 3.64. The Hall–Kier alpha value is -2.19. The topological polar surface area (TPSA) is 96.4 Å². The van der Waals surface area contributed by atoms with E-state index in [1.807, 2.05) is 10.7 Å². The van der Waals surface area contributed by atoms with Crippen LogP contribution in [0.1, 0.15) is 48.9 Å². The zero-order chi connectivity index (χ0) is 18.1. The number of anilines is 1. The van der Waals surface area contributed by atoms with Crippen molar-refractivity contribution in [1.82, 2.24) is 19.8 Å². The SMILES string of the molecule is Cc1cc(NC(=O)CN2CCCn3nc([C@@H](O)C4CCC4)cc3C2)no1. The Balaban J connectivity index is 1.39. The third-order valence-corrected chi connectivity index (χ3v) is 5.27. The molecule has 1 aliphatic carbocycles. The van der Waals surface area contributed by atoms with Gasteiger partial charge in [-0.1, -0.05) is 11.6 Å². The predicted octanol–water partition coefficient (Wildman–Crippen LogP) is 1.86. The molecule has 2 aliphatic rings. The average molecular weight is 359 g/mol. The number of carbonyl (C=O) groups is 1. The quantitative estimate of drug-likeness (QED) is 0.846. The molecule has 140 valence electrons. The number of aliphatic hydroxyl groups excluding tert-OH is 1. The van der Waals surface area contributed by atoms with Crippen molar-refractivity contribution < 1.29 is 14.4 Å². The summed E-state index contributed by atoms with van der Waals surface area (Å²) in [5.74, 6) is 1.35. The van der Waals surface area contributed by atoms with E-state index < -0.39 is 6.10 Å². The lowest BCUT2D eigenvalue weighted by Crippen LogP contribution is -2.33. The minimum absolute atomic E-state index is 0.110. The molecule has 2 aromatic heterocycles. The summed E-state index contributed by atoms with van der Waals surface area (Å²) in [7, 11) is 0. The summed E-state index contributed by atoms with van der Waals surface area (Å²) in [6.07, 6.45) is 3.82. The third kappa shape index (κ3) is 3.66. The van der Waals surface area contributed by atoms with E-state index in [-0.39, 0.29) is 12.5 Å². The predicted molar refractivity (Wildman–Crippen MR) is 94.3 cm³/mol. The maximum atomic E-state index is 12.3. The molecular formula is C18H25N5O3. The molecule has 0 saturated heterocycles. The zero-order valence-electron chi connectivity index (χ0n) is 15.0. The first-order valence-corrected chi connectivity index (χ1v) is 9.29. The Bertz CT molecular complexity index is 780. The first kappa shape index (κ1) is 17.2. The molecule has 0 spiro atoms. The van der Waals surface area contributed by atoms with Crippen LogP contribution in [0, 0.1) is 12.8 Å². The fraction of sp³-hybridized carbons (Fsp3) is 0.611. The van der Waals surface area contributed by atoms with Crippen LogP contribution in [0.5, 0.6) is 0 Å². The summed E-state index contributed by atoms with van der Waals surface area (Å²) in [5, 5.41) is 21.6. The third-order valence-electron chi connectivity index (χ3n) is 5.27. The summed E-state index contributed by atoms with van der Waals surface area (Å²) in [6, 6.07) is 3.70. The maximum absolute atomic E-state index is 12.3. The van der Waals surface area contributed by atoms with Crippen LogP contribution in [0.15, 0.2) is 16.7 Å². The van der Waals surface area contributed by atoms with Crippen LogP contribution in [0.25, 0.3) is 0 Å². The number of aliphatic hydroxyl groups is 1. The van der Waals surface area contributed by atoms with E-state index in [0.717, 1.165) is 43.7 Å². The number of hydrogen-bond acceptors (Lipinski definition) is 6. The van der Waals surface area contributed by atoms with Gasteiger partial charge in [-0.25, -0.2) is 0 Å². The molecule has 2 aromatic rings. The van der Waals surface area contributed by atoms with E-state index >= 15 is 0 Å². The number of amides is 1. The molecule has 3 heterocycles. The molecule has 0 aromatic carbocycles. The Morgan fingerprint density at radius 2 is 2.23 bits per heavy atom.